The molecule has 0 aliphatic rings. The van der Waals surface area contributed by atoms with Crippen LogP contribution >= 0.6 is 0 Å². The van der Waals surface area contributed by atoms with Gasteiger partial charge in [-0.2, -0.15) is 4.98 Å². The number of nitrogens with zero attached hydrogens (tertiary/aromatic N) is 2. The summed E-state index contributed by atoms with van der Waals surface area (Å²) in [5.41, 5.74) is 5.58. The van der Waals surface area contributed by atoms with Crippen LogP contribution in [0.3, 0.4) is 0 Å². The van der Waals surface area contributed by atoms with Gasteiger partial charge in [0.25, 0.3) is 0 Å². The fraction of sp³-hybridized carbons (Fsp3) is 0.778. The Morgan fingerprint density at radius 2 is 2.23 bits per heavy atom. The van der Waals surface area contributed by atoms with Crippen molar-refractivity contribution < 1.29 is 4.52 Å². The molecule has 4 heteroatoms. The van der Waals surface area contributed by atoms with E-state index in [1.807, 2.05) is 6.92 Å². The van der Waals surface area contributed by atoms with Crippen molar-refractivity contribution >= 4 is 0 Å². The second kappa shape index (κ2) is 4.97. The predicted molar refractivity (Wildman–Crippen MR) is 50.2 cm³/mol. The fourth-order valence-corrected chi connectivity index (χ4v) is 1.16. The molecule has 13 heavy (non-hydrogen) atoms. The SMILES string of the molecule is CCc1noc(CC(CC)CN)n1. The normalized spacial score (nSPS) is 13.2. The van der Waals surface area contributed by atoms with Crippen LogP contribution in [-0.4, -0.2) is 16.7 Å². The first-order valence-electron chi connectivity index (χ1n) is 4.81. The number of nitrogens with two attached hydrogens (primary N) is 1. The van der Waals surface area contributed by atoms with Crippen LogP contribution in [0.15, 0.2) is 4.52 Å². The third-order valence-electron chi connectivity index (χ3n) is 2.20. The third kappa shape index (κ3) is 2.81. The Labute approximate surface area is 78.5 Å². The van der Waals surface area contributed by atoms with Crippen molar-refractivity contribution in [2.75, 3.05) is 6.54 Å². The monoisotopic (exact) mass is 183 g/mol. The highest BCUT2D eigenvalue weighted by atomic mass is 16.5. The van der Waals surface area contributed by atoms with Crippen LogP contribution in [-0.2, 0) is 12.8 Å². The lowest BCUT2D eigenvalue weighted by Crippen LogP contribution is -2.16. The summed E-state index contributed by atoms with van der Waals surface area (Å²) < 4.78 is 5.07. The molecule has 0 saturated carbocycles. The minimum Gasteiger partial charge on any atom is -0.339 e. The van der Waals surface area contributed by atoms with Gasteiger partial charge in [-0.05, 0) is 12.5 Å². The van der Waals surface area contributed by atoms with Crippen LogP contribution in [0.25, 0.3) is 0 Å². The highest BCUT2D eigenvalue weighted by molar-refractivity contribution is 4.87. The quantitative estimate of drug-likeness (QED) is 0.744. The molecule has 0 aliphatic carbocycles. The van der Waals surface area contributed by atoms with Crippen molar-refractivity contribution in [3.05, 3.63) is 11.7 Å². The molecule has 0 fully saturated rings. The van der Waals surface area contributed by atoms with Crippen LogP contribution in [0.4, 0.5) is 0 Å². The van der Waals surface area contributed by atoms with Crippen molar-refractivity contribution in [2.45, 2.75) is 33.1 Å². The molecule has 1 unspecified atom stereocenters. The summed E-state index contributed by atoms with van der Waals surface area (Å²) in [5, 5.41) is 3.83. The maximum absolute atomic E-state index is 5.58. The van der Waals surface area contributed by atoms with E-state index < -0.39 is 0 Å². The lowest BCUT2D eigenvalue weighted by molar-refractivity contribution is 0.347. The highest BCUT2D eigenvalue weighted by Crippen LogP contribution is 2.09. The molecule has 74 valence electrons. The third-order valence-corrected chi connectivity index (χ3v) is 2.20. The van der Waals surface area contributed by atoms with Gasteiger partial charge < -0.3 is 10.3 Å². The molecule has 0 aromatic carbocycles. The van der Waals surface area contributed by atoms with Crippen molar-refractivity contribution in [1.82, 2.24) is 10.1 Å². The molecule has 1 rings (SSSR count). The Morgan fingerprint density at radius 3 is 2.69 bits per heavy atom. The molecule has 0 saturated heterocycles. The summed E-state index contributed by atoms with van der Waals surface area (Å²) in [7, 11) is 0. The van der Waals surface area contributed by atoms with E-state index >= 15 is 0 Å². The average molecular weight is 183 g/mol. The molecule has 1 atom stereocenters. The molecule has 0 radical (unpaired) electrons. The molecule has 0 amide bonds. The van der Waals surface area contributed by atoms with Gasteiger partial charge in [0, 0.05) is 12.8 Å². The minimum absolute atomic E-state index is 0.463. The van der Waals surface area contributed by atoms with Gasteiger partial charge in [0.15, 0.2) is 5.82 Å². The Bertz CT molecular complexity index is 243. The van der Waals surface area contributed by atoms with Crippen molar-refractivity contribution in [3.8, 4) is 0 Å². The van der Waals surface area contributed by atoms with Crippen LogP contribution < -0.4 is 5.73 Å². The lowest BCUT2D eigenvalue weighted by atomic mass is 10.0. The summed E-state index contributed by atoms with van der Waals surface area (Å²) in [6.07, 6.45) is 2.68. The zero-order chi connectivity index (χ0) is 9.68. The number of aromatic nitrogens is 2. The second-order valence-corrected chi connectivity index (χ2v) is 3.17. The van der Waals surface area contributed by atoms with Crippen LogP contribution in [0.5, 0.6) is 0 Å². The number of hydrogen-bond donors (Lipinski definition) is 1. The van der Waals surface area contributed by atoms with Gasteiger partial charge in [-0.25, -0.2) is 0 Å². The summed E-state index contributed by atoms with van der Waals surface area (Å²) in [6.45, 7) is 4.81. The highest BCUT2D eigenvalue weighted by Gasteiger charge is 2.10. The topological polar surface area (TPSA) is 64.9 Å². The van der Waals surface area contributed by atoms with Gasteiger partial charge in [0.05, 0.1) is 0 Å². The molecule has 1 aromatic heterocycles. The summed E-state index contributed by atoms with van der Waals surface area (Å²) >= 11 is 0. The zero-order valence-electron chi connectivity index (χ0n) is 8.29. The second-order valence-electron chi connectivity index (χ2n) is 3.17. The Kier molecular flexibility index (Phi) is 3.89. The summed E-state index contributed by atoms with van der Waals surface area (Å²) in [5.74, 6) is 1.96. The molecular formula is C9H17N3O. The Balaban J connectivity index is 2.52. The van der Waals surface area contributed by atoms with E-state index in [4.69, 9.17) is 10.3 Å². The van der Waals surface area contributed by atoms with Crippen LogP contribution in [0, 0.1) is 5.92 Å². The van der Waals surface area contributed by atoms with Crippen LogP contribution in [0.1, 0.15) is 32.0 Å². The van der Waals surface area contributed by atoms with Crippen molar-refractivity contribution in [3.63, 3.8) is 0 Å². The molecule has 0 bridgehead atoms. The molecule has 2 N–H and O–H groups in total. The van der Waals surface area contributed by atoms with Gasteiger partial charge in [0.2, 0.25) is 5.89 Å². The van der Waals surface area contributed by atoms with Crippen molar-refractivity contribution in [2.24, 2.45) is 11.7 Å². The number of hydrogen-bond acceptors (Lipinski definition) is 4. The first-order valence-corrected chi connectivity index (χ1v) is 4.81. The standard InChI is InChI=1S/C9H17N3O/c1-3-7(6-10)5-9-11-8(4-2)12-13-9/h7H,3-6,10H2,1-2H3. The number of rotatable bonds is 5. The average Bonchev–Trinajstić information content (AvgIpc) is 2.61. The van der Waals surface area contributed by atoms with Gasteiger partial charge in [0.1, 0.15) is 0 Å². The molecular weight excluding hydrogens is 166 g/mol. The predicted octanol–water partition coefficient (Wildman–Crippen LogP) is 1.16. The molecule has 1 heterocycles. The van der Waals surface area contributed by atoms with E-state index in [1.165, 1.54) is 0 Å². The van der Waals surface area contributed by atoms with E-state index in [2.05, 4.69) is 17.1 Å². The van der Waals surface area contributed by atoms with E-state index in [0.717, 1.165) is 25.1 Å². The Morgan fingerprint density at radius 1 is 1.46 bits per heavy atom. The molecule has 4 nitrogen and oxygen atoms in total. The van der Waals surface area contributed by atoms with Crippen LogP contribution in [0.2, 0.25) is 0 Å². The minimum atomic E-state index is 0.463. The molecule has 1 aromatic rings. The lowest BCUT2D eigenvalue weighted by Gasteiger charge is -2.07. The summed E-state index contributed by atoms with van der Waals surface area (Å²) in [6, 6.07) is 0. The number of aryl methyl sites for hydroxylation is 1. The maximum atomic E-state index is 5.58. The maximum Gasteiger partial charge on any atom is 0.226 e. The first kappa shape index (κ1) is 10.2. The van der Waals surface area contributed by atoms with E-state index in [9.17, 15) is 0 Å². The summed E-state index contributed by atoms with van der Waals surface area (Å²) in [4.78, 5) is 4.23. The van der Waals surface area contributed by atoms with Gasteiger partial charge in [-0.1, -0.05) is 25.4 Å². The van der Waals surface area contributed by atoms with Gasteiger partial charge in [-0.3, -0.25) is 0 Å². The Hall–Kier alpha value is -0.900. The first-order chi connectivity index (χ1) is 6.30. The zero-order valence-corrected chi connectivity index (χ0v) is 8.29. The van der Waals surface area contributed by atoms with Crippen molar-refractivity contribution in [1.29, 1.82) is 0 Å². The molecule has 0 spiro atoms. The largest absolute Gasteiger partial charge is 0.339 e. The van der Waals surface area contributed by atoms with E-state index in [0.29, 0.717) is 18.4 Å². The fourth-order valence-electron chi connectivity index (χ4n) is 1.16. The van der Waals surface area contributed by atoms with Gasteiger partial charge >= 0.3 is 0 Å². The van der Waals surface area contributed by atoms with Gasteiger partial charge in [-0.15, -0.1) is 0 Å². The van der Waals surface area contributed by atoms with E-state index in [1.54, 1.807) is 0 Å². The smallest absolute Gasteiger partial charge is 0.226 e. The molecule has 0 aliphatic heterocycles. The van der Waals surface area contributed by atoms with E-state index in [-0.39, 0.29) is 0 Å².